The SMILES string of the molecule is O=C(CN1C(c2ccc(Cl)cc2)=C[C@H](c2ccc(F)cc2)n2nnnc21)N1CCCCCC1. The first-order valence-electron chi connectivity index (χ1n) is 11.2. The Morgan fingerprint density at radius 3 is 2.39 bits per heavy atom. The summed E-state index contributed by atoms with van der Waals surface area (Å²) in [7, 11) is 0. The van der Waals surface area contributed by atoms with Crippen LogP contribution in [0.1, 0.15) is 42.9 Å². The van der Waals surface area contributed by atoms with Crippen LogP contribution in [-0.2, 0) is 4.79 Å². The number of nitrogens with zero attached hydrogens (tertiary/aromatic N) is 6. The van der Waals surface area contributed by atoms with Gasteiger partial charge in [-0.15, -0.1) is 0 Å². The largest absolute Gasteiger partial charge is 0.341 e. The van der Waals surface area contributed by atoms with Gasteiger partial charge >= 0.3 is 0 Å². The number of allylic oxidation sites excluding steroid dienone is 1. The smallest absolute Gasteiger partial charge is 0.251 e. The predicted octanol–water partition coefficient (Wildman–Crippen LogP) is 4.32. The summed E-state index contributed by atoms with van der Waals surface area (Å²) in [6.45, 7) is 1.68. The van der Waals surface area contributed by atoms with Crippen molar-refractivity contribution in [3.05, 3.63) is 76.6 Å². The van der Waals surface area contributed by atoms with E-state index < -0.39 is 0 Å². The molecule has 1 aromatic heterocycles. The number of hydrogen-bond donors (Lipinski definition) is 0. The maximum Gasteiger partial charge on any atom is 0.251 e. The first-order chi connectivity index (χ1) is 16.1. The first kappa shape index (κ1) is 21.6. The van der Waals surface area contributed by atoms with Gasteiger partial charge in [-0.3, -0.25) is 9.69 Å². The Labute approximate surface area is 196 Å². The molecule has 3 heterocycles. The standard InChI is InChI=1S/C24H24ClFN6O/c25-19-9-5-17(6-10-19)21-15-22(18-7-11-20(26)12-8-18)32-24(27-28-29-32)31(21)16-23(33)30-13-3-1-2-4-14-30/h5-12,15,22H,1-4,13-14,16H2/t22-/m1/s1. The lowest BCUT2D eigenvalue weighted by Crippen LogP contribution is -2.42. The molecule has 2 aromatic carbocycles. The Balaban J connectivity index is 1.55. The molecule has 1 fully saturated rings. The summed E-state index contributed by atoms with van der Waals surface area (Å²) in [6.07, 6.45) is 6.36. The summed E-state index contributed by atoms with van der Waals surface area (Å²) in [6, 6.07) is 13.4. The Bertz CT molecular complexity index is 1150. The zero-order valence-corrected chi connectivity index (χ0v) is 18.8. The van der Waals surface area contributed by atoms with Gasteiger partial charge in [0.2, 0.25) is 5.91 Å². The molecule has 2 aliphatic heterocycles. The minimum atomic E-state index is -0.342. The van der Waals surface area contributed by atoms with Crippen LogP contribution in [0.15, 0.2) is 54.6 Å². The molecule has 0 spiro atoms. The van der Waals surface area contributed by atoms with E-state index >= 15 is 0 Å². The molecular formula is C24H24ClFN6O. The molecule has 7 nitrogen and oxygen atoms in total. The van der Waals surface area contributed by atoms with Gasteiger partial charge in [-0.25, -0.2) is 4.39 Å². The summed E-state index contributed by atoms with van der Waals surface area (Å²) in [4.78, 5) is 17.1. The van der Waals surface area contributed by atoms with E-state index in [0.29, 0.717) is 11.0 Å². The maximum absolute atomic E-state index is 13.6. The topological polar surface area (TPSA) is 67.2 Å². The van der Waals surface area contributed by atoms with Crippen molar-refractivity contribution in [2.45, 2.75) is 31.7 Å². The van der Waals surface area contributed by atoms with Crippen LogP contribution in [0.2, 0.25) is 5.02 Å². The average molecular weight is 467 g/mol. The monoisotopic (exact) mass is 466 g/mol. The highest BCUT2D eigenvalue weighted by atomic mass is 35.5. The van der Waals surface area contributed by atoms with Crippen molar-refractivity contribution in [1.82, 2.24) is 25.1 Å². The van der Waals surface area contributed by atoms with Crippen molar-refractivity contribution in [2.75, 3.05) is 24.5 Å². The van der Waals surface area contributed by atoms with Crippen LogP contribution >= 0.6 is 11.6 Å². The van der Waals surface area contributed by atoms with Crippen molar-refractivity contribution < 1.29 is 9.18 Å². The maximum atomic E-state index is 13.6. The summed E-state index contributed by atoms with van der Waals surface area (Å²) in [5.74, 6) is 0.213. The normalized spacial score (nSPS) is 18.5. The fraction of sp³-hybridized carbons (Fsp3) is 0.333. The number of likely N-dealkylation sites (tertiary alicyclic amines) is 1. The van der Waals surface area contributed by atoms with Gasteiger partial charge in [-0.05, 0) is 64.7 Å². The molecule has 0 saturated carbocycles. The summed E-state index contributed by atoms with van der Waals surface area (Å²) >= 11 is 6.13. The molecule has 9 heteroatoms. The molecular weight excluding hydrogens is 443 g/mol. The molecule has 0 N–H and O–H groups in total. The minimum Gasteiger partial charge on any atom is -0.341 e. The number of fused-ring (bicyclic) bond motifs is 1. The Hall–Kier alpha value is -3.26. The second kappa shape index (κ2) is 9.31. The summed E-state index contributed by atoms with van der Waals surface area (Å²) in [5.41, 5.74) is 2.55. The summed E-state index contributed by atoms with van der Waals surface area (Å²) < 4.78 is 15.2. The molecule has 0 unspecified atom stereocenters. The summed E-state index contributed by atoms with van der Waals surface area (Å²) in [5, 5.41) is 13.0. The predicted molar refractivity (Wildman–Crippen MR) is 124 cm³/mol. The number of benzene rings is 2. The second-order valence-corrected chi connectivity index (χ2v) is 8.80. The number of hydrogen-bond acceptors (Lipinski definition) is 5. The molecule has 33 heavy (non-hydrogen) atoms. The zero-order valence-electron chi connectivity index (χ0n) is 18.1. The van der Waals surface area contributed by atoms with E-state index in [4.69, 9.17) is 11.6 Å². The van der Waals surface area contributed by atoms with Gasteiger partial charge in [-0.1, -0.05) is 53.8 Å². The highest BCUT2D eigenvalue weighted by molar-refractivity contribution is 6.30. The molecule has 5 rings (SSSR count). The van der Waals surface area contributed by atoms with E-state index in [1.165, 1.54) is 12.1 Å². The van der Waals surface area contributed by atoms with Crippen LogP contribution in [0.25, 0.3) is 5.70 Å². The lowest BCUT2D eigenvalue weighted by atomic mass is 10.0. The van der Waals surface area contributed by atoms with Gasteiger partial charge in [0.25, 0.3) is 5.95 Å². The van der Waals surface area contributed by atoms with Crippen LogP contribution in [0.4, 0.5) is 10.3 Å². The van der Waals surface area contributed by atoms with Crippen LogP contribution in [0.3, 0.4) is 0 Å². The number of tetrazole rings is 1. The van der Waals surface area contributed by atoms with Gasteiger partial charge < -0.3 is 4.90 Å². The zero-order chi connectivity index (χ0) is 22.8. The molecule has 2 aliphatic rings. The van der Waals surface area contributed by atoms with Crippen molar-refractivity contribution in [3.8, 4) is 0 Å². The van der Waals surface area contributed by atoms with E-state index in [1.807, 2.05) is 40.1 Å². The number of anilines is 1. The molecule has 1 atom stereocenters. The Morgan fingerprint density at radius 1 is 1.00 bits per heavy atom. The van der Waals surface area contributed by atoms with Gasteiger partial charge in [0, 0.05) is 18.1 Å². The highest BCUT2D eigenvalue weighted by Gasteiger charge is 2.33. The number of carbonyl (C=O) groups is 1. The highest BCUT2D eigenvalue weighted by Crippen LogP contribution is 2.36. The van der Waals surface area contributed by atoms with E-state index in [1.54, 1.807) is 16.8 Å². The van der Waals surface area contributed by atoms with Crippen molar-refractivity contribution >= 4 is 29.2 Å². The van der Waals surface area contributed by atoms with Crippen molar-refractivity contribution in [1.29, 1.82) is 0 Å². The minimum absolute atomic E-state index is 0.0477. The second-order valence-electron chi connectivity index (χ2n) is 8.36. The molecule has 3 aromatic rings. The van der Waals surface area contributed by atoms with E-state index in [9.17, 15) is 9.18 Å². The van der Waals surface area contributed by atoms with E-state index in [2.05, 4.69) is 15.5 Å². The number of amides is 1. The number of rotatable bonds is 4. The number of carbonyl (C=O) groups excluding carboxylic acids is 1. The fourth-order valence-electron chi connectivity index (χ4n) is 4.45. The van der Waals surface area contributed by atoms with Gasteiger partial charge in [0.05, 0.1) is 5.70 Å². The third-order valence-electron chi connectivity index (χ3n) is 6.19. The molecule has 0 aliphatic carbocycles. The third kappa shape index (κ3) is 4.48. The Morgan fingerprint density at radius 2 is 1.70 bits per heavy atom. The molecule has 0 bridgehead atoms. The van der Waals surface area contributed by atoms with Crippen LogP contribution in [0, 0.1) is 5.82 Å². The lowest BCUT2D eigenvalue weighted by Gasteiger charge is -2.34. The molecule has 1 saturated heterocycles. The number of halogens is 2. The van der Waals surface area contributed by atoms with E-state index in [-0.39, 0.29) is 24.3 Å². The quantitative estimate of drug-likeness (QED) is 0.573. The van der Waals surface area contributed by atoms with Crippen LogP contribution < -0.4 is 4.90 Å². The molecule has 1 amide bonds. The Kier molecular flexibility index (Phi) is 6.09. The fourth-order valence-corrected chi connectivity index (χ4v) is 4.57. The molecule has 0 radical (unpaired) electrons. The number of aromatic nitrogens is 4. The molecule has 170 valence electrons. The van der Waals surface area contributed by atoms with Crippen molar-refractivity contribution in [2.24, 2.45) is 0 Å². The third-order valence-corrected chi connectivity index (χ3v) is 6.44. The van der Waals surface area contributed by atoms with Gasteiger partial charge in [0.15, 0.2) is 0 Å². The first-order valence-corrected chi connectivity index (χ1v) is 11.5. The van der Waals surface area contributed by atoms with Crippen LogP contribution in [0.5, 0.6) is 0 Å². The average Bonchev–Trinajstić information content (AvgIpc) is 3.15. The van der Waals surface area contributed by atoms with Crippen molar-refractivity contribution in [3.63, 3.8) is 0 Å². The van der Waals surface area contributed by atoms with Crippen LogP contribution in [-0.4, -0.2) is 50.6 Å². The van der Waals surface area contributed by atoms with Gasteiger partial charge in [0.1, 0.15) is 18.4 Å². The van der Waals surface area contributed by atoms with E-state index in [0.717, 1.165) is 55.6 Å². The van der Waals surface area contributed by atoms with Gasteiger partial charge in [-0.2, -0.15) is 4.68 Å². The lowest BCUT2D eigenvalue weighted by molar-refractivity contribution is -0.129.